The van der Waals surface area contributed by atoms with Crippen LogP contribution in [0.4, 0.5) is 10.1 Å². The second-order valence-electron chi connectivity index (χ2n) is 7.57. The Balaban J connectivity index is 1.54. The molecule has 4 N–H and O–H groups in total. The number of carbonyl (C=O) groups excluding carboxylic acids is 1. The summed E-state index contributed by atoms with van der Waals surface area (Å²) >= 11 is 12.5. The van der Waals surface area contributed by atoms with Gasteiger partial charge in [0.05, 0.1) is 23.7 Å². The Hall–Kier alpha value is -2.61. The summed E-state index contributed by atoms with van der Waals surface area (Å²) in [5, 5.41) is 4.73. The molecule has 0 aliphatic carbocycles. The minimum Gasteiger partial charge on any atom is -0.374 e. The molecular weight excluding hydrogens is 442 g/mol. The minimum atomic E-state index is -0.610. The highest BCUT2D eigenvalue weighted by atomic mass is 35.5. The van der Waals surface area contributed by atoms with Gasteiger partial charge in [-0.25, -0.2) is 4.39 Å². The van der Waals surface area contributed by atoms with Crippen molar-refractivity contribution in [2.75, 3.05) is 18.4 Å². The maximum Gasteiger partial charge on any atom is 0.256 e. The molecule has 162 valence electrons. The standard InChI is InChI=1S/C22H21Cl2FN4O2/c1-11-21-12(4-14(23)7-17(21)24)2-3-29(11)20(30)10-27-19-6-13-5-15(9-26)28-22(31)16(13)8-18(19)25/h4-8,11,27H,2-3,9-10,26H2,1H3,(H,28,31)/t11-/m0/s1. The first-order chi connectivity index (χ1) is 14.8. The average molecular weight is 463 g/mol. The first-order valence-electron chi connectivity index (χ1n) is 9.85. The van der Waals surface area contributed by atoms with Crippen LogP contribution in [0.25, 0.3) is 10.8 Å². The number of hydrogen-bond donors (Lipinski definition) is 3. The number of fused-ring (bicyclic) bond motifs is 2. The lowest BCUT2D eigenvalue weighted by atomic mass is 9.93. The van der Waals surface area contributed by atoms with Gasteiger partial charge in [-0.2, -0.15) is 0 Å². The number of halogens is 3. The number of pyridine rings is 1. The van der Waals surface area contributed by atoms with E-state index in [2.05, 4.69) is 10.3 Å². The third kappa shape index (κ3) is 4.13. The smallest absolute Gasteiger partial charge is 0.256 e. The van der Waals surface area contributed by atoms with Crippen molar-refractivity contribution in [3.05, 3.63) is 73.4 Å². The molecular formula is C22H21Cl2FN4O2. The van der Waals surface area contributed by atoms with Gasteiger partial charge in [-0.05, 0) is 60.2 Å². The third-order valence-corrected chi connectivity index (χ3v) is 6.18. The van der Waals surface area contributed by atoms with Crippen LogP contribution in [0.15, 0.2) is 35.1 Å². The number of anilines is 1. The number of amides is 1. The van der Waals surface area contributed by atoms with Gasteiger partial charge in [-0.1, -0.05) is 23.2 Å². The Morgan fingerprint density at radius 2 is 2.06 bits per heavy atom. The molecule has 0 radical (unpaired) electrons. The molecule has 31 heavy (non-hydrogen) atoms. The van der Waals surface area contributed by atoms with E-state index in [0.717, 1.165) is 17.2 Å². The topological polar surface area (TPSA) is 91.2 Å². The Morgan fingerprint density at radius 3 is 2.81 bits per heavy atom. The average Bonchev–Trinajstić information content (AvgIpc) is 2.72. The van der Waals surface area contributed by atoms with Crippen molar-refractivity contribution in [2.45, 2.75) is 25.9 Å². The van der Waals surface area contributed by atoms with E-state index in [9.17, 15) is 14.0 Å². The molecule has 3 aromatic rings. The monoisotopic (exact) mass is 462 g/mol. The molecule has 2 aromatic carbocycles. The number of aromatic amines is 1. The lowest BCUT2D eigenvalue weighted by Gasteiger charge is -2.36. The molecule has 0 fully saturated rings. The summed E-state index contributed by atoms with van der Waals surface area (Å²) in [6.07, 6.45) is 0.640. The Kier molecular flexibility index (Phi) is 5.92. The van der Waals surface area contributed by atoms with Crippen LogP contribution in [-0.2, 0) is 17.8 Å². The number of nitrogens with zero attached hydrogens (tertiary/aromatic N) is 1. The van der Waals surface area contributed by atoms with E-state index in [1.54, 1.807) is 17.0 Å². The van der Waals surface area contributed by atoms with Gasteiger partial charge >= 0.3 is 0 Å². The summed E-state index contributed by atoms with van der Waals surface area (Å²) in [5.41, 5.74) is 7.80. The van der Waals surface area contributed by atoms with Crippen molar-refractivity contribution in [3.63, 3.8) is 0 Å². The largest absolute Gasteiger partial charge is 0.374 e. The summed E-state index contributed by atoms with van der Waals surface area (Å²) in [6, 6.07) is 7.69. The van der Waals surface area contributed by atoms with E-state index in [-0.39, 0.29) is 36.1 Å². The molecule has 0 saturated heterocycles. The van der Waals surface area contributed by atoms with Crippen molar-refractivity contribution in [2.24, 2.45) is 5.73 Å². The van der Waals surface area contributed by atoms with E-state index < -0.39 is 11.4 Å². The van der Waals surface area contributed by atoms with Gasteiger partial charge in [-0.3, -0.25) is 9.59 Å². The van der Waals surface area contributed by atoms with Crippen LogP contribution in [0.3, 0.4) is 0 Å². The van der Waals surface area contributed by atoms with E-state index >= 15 is 0 Å². The Labute approximate surface area is 188 Å². The molecule has 1 amide bonds. The van der Waals surface area contributed by atoms with E-state index in [0.29, 0.717) is 34.1 Å². The number of rotatable bonds is 4. The van der Waals surface area contributed by atoms with Gasteiger partial charge in [0.25, 0.3) is 5.56 Å². The Morgan fingerprint density at radius 1 is 1.29 bits per heavy atom. The zero-order valence-electron chi connectivity index (χ0n) is 16.8. The second-order valence-corrected chi connectivity index (χ2v) is 8.42. The number of carbonyl (C=O) groups is 1. The van der Waals surface area contributed by atoms with E-state index in [1.807, 2.05) is 13.0 Å². The van der Waals surface area contributed by atoms with Crippen molar-refractivity contribution >= 4 is 45.6 Å². The lowest BCUT2D eigenvalue weighted by Crippen LogP contribution is -2.42. The predicted octanol–water partition coefficient (Wildman–Crippen LogP) is 3.99. The zero-order chi connectivity index (χ0) is 22.3. The molecule has 0 spiro atoms. The normalized spacial score (nSPS) is 15.8. The highest BCUT2D eigenvalue weighted by Crippen LogP contribution is 2.37. The van der Waals surface area contributed by atoms with Gasteiger partial charge in [0, 0.05) is 28.8 Å². The highest BCUT2D eigenvalue weighted by molar-refractivity contribution is 6.35. The van der Waals surface area contributed by atoms with Gasteiger partial charge in [0.1, 0.15) is 5.82 Å². The number of nitrogens with one attached hydrogen (secondary N) is 2. The van der Waals surface area contributed by atoms with Crippen molar-refractivity contribution in [1.82, 2.24) is 9.88 Å². The Bertz CT molecular complexity index is 1240. The van der Waals surface area contributed by atoms with Crippen LogP contribution in [0.2, 0.25) is 10.0 Å². The summed E-state index contributed by atoms with van der Waals surface area (Å²) in [5.74, 6) is -0.793. The van der Waals surface area contributed by atoms with Crippen LogP contribution < -0.4 is 16.6 Å². The molecule has 0 saturated carbocycles. The maximum absolute atomic E-state index is 14.5. The molecule has 1 aromatic heterocycles. The van der Waals surface area contributed by atoms with Gasteiger partial charge in [0.2, 0.25) is 5.91 Å². The first-order valence-corrected chi connectivity index (χ1v) is 10.6. The van der Waals surface area contributed by atoms with Crippen LogP contribution >= 0.6 is 23.2 Å². The predicted molar refractivity (Wildman–Crippen MR) is 121 cm³/mol. The van der Waals surface area contributed by atoms with E-state index in [4.69, 9.17) is 28.9 Å². The van der Waals surface area contributed by atoms with Gasteiger partial charge in [0.15, 0.2) is 0 Å². The first kappa shape index (κ1) is 21.6. The summed E-state index contributed by atoms with van der Waals surface area (Å²) in [4.78, 5) is 29.3. The fraction of sp³-hybridized carbons (Fsp3) is 0.273. The number of nitrogens with two attached hydrogens (primary N) is 1. The summed E-state index contributed by atoms with van der Waals surface area (Å²) < 4.78 is 14.5. The van der Waals surface area contributed by atoms with Crippen LogP contribution in [0.1, 0.15) is 29.8 Å². The molecule has 2 heterocycles. The number of H-pyrrole nitrogens is 1. The molecule has 1 aliphatic heterocycles. The molecule has 6 nitrogen and oxygen atoms in total. The third-order valence-electron chi connectivity index (χ3n) is 5.65. The lowest BCUT2D eigenvalue weighted by molar-refractivity contribution is -0.131. The summed E-state index contributed by atoms with van der Waals surface area (Å²) in [6.45, 7) is 2.49. The van der Waals surface area contributed by atoms with Crippen molar-refractivity contribution in [3.8, 4) is 0 Å². The zero-order valence-corrected chi connectivity index (χ0v) is 18.3. The fourth-order valence-corrected chi connectivity index (χ4v) is 4.80. The summed E-state index contributed by atoms with van der Waals surface area (Å²) in [7, 11) is 0. The molecule has 1 atom stereocenters. The van der Waals surface area contributed by atoms with E-state index in [1.165, 1.54) is 6.07 Å². The van der Waals surface area contributed by atoms with Gasteiger partial charge in [-0.15, -0.1) is 0 Å². The van der Waals surface area contributed by atoms with Crippen LogP contribution in [0, 0.1) is 5.82 Å². The quantitative estimate of drug-likeness (QED) is 0.546. The highest BCUT2D eigenvalue weighted by Gasteiger charge is 2.29. The van der Waals surface area contributed by atoms with Gasteiger partial charge < -0.3 is 20.9 Å². The molecule has 1 aliphatic rings. The van der Waals surface area contributed by atoms with Crippen LogP contribution in [0.5, 0.6) is 0 Å². The molecule has 0 bridgehead atoms. The number of aromatic nitrogens is 1. The van der Waals surface area contributed by atoms with Crippen molar-refractivity contribution < 1.29 is 9.18 Å². The van der Waals surface area contributed by atoms with Crippen LogP contribution in [-0.4, -0.2) is 28.9 Å². The number of benzene rings is 2. The molecule has 0 unspecified atom stereocenters. The SMILES string of the molecule is C[C@H]1c2c(Cl)cc(Cl)cc2CCN1C(=O)CNc1cc2cc(CN)[nH]c(=O)c2cc1F. The van der Waals surface area contributed by atoms with Crippen molar-refractivity contribution in [1.29, 1.82) is 0 Å². The number of hydrogen-bond acceptors (Lipinski definition) is 4. The fourth-order valence-electron chi connectivity index (χ4n) is 4.10. The molecule has 4 rings (SSSR count). The second kappa shape index (κ2) is 8.49. The minimum absolute atomic E-state index is 0.0970. The maximum atomic E-state index is 14.5. The molecule has 9 heteroatoms.